The lowest BCUT2D eigenvalue weighted by molar-refractivity contribution is 0.410. The molecule has 0 N–H and O–H groups in total. The van der Waals surface area contributed by atoms with E-state index < -0.39 is 0 Å². The van der Waals surface area contributed by atoms with Gasteiger partial charge in [-0.2, -0.15) is 0 Å². The molecule has 2 aromatic heterocycles. The Labute approximate surface area is 172 Å². The number of rotatable bonds is 7. The summed E-state index contributed by atoms with van der Waals surface area (Å²) in [6.07, 6.45) is 3.50. The summed E-state index contributed by atoms with van der Waals surface area (Å²) in [6, 6.07) is 18.5. The summed E-state index contributed by atoms with van der Waals surface area (Å²) in [6.45, 7) is 0.626. The van der Waals surface area contributed by atoms with Gasteiger partial charge in [0.1, 0.15) is 11.6 Å². The number of ether oxygens (including phenoxy) is 1. The number of nitrogens with zero attached hydrogens (tertiary/aromatic N) is 4. The van der Waals surface area contributed by atoms with Gasteiger partial charge in [0.2, 0.25) is 0 Å². The van der Waals surface area contributed by atoms with Crippen LogP contribution in [0.15, 0.2) is 78.2 Å². The molecular formula is C22H19FN4OS. The third kappa shape index (κ3) is 4.46. The van der Waals surface area contributed by atoms with E-state index in [0.29, 0.717) is 18.0 Å². The van der Waals surface area contributed by atoms with Crippen LogP contribution < -0.4 is 4.74 Å². The molecule has 0 saturated carbocycles. The Balaban J connectivity index is 1.66. The number of hydrogen-bond donors (Lipinski definition) is 0. The molecule has 0 radical (unpaired) electrons. The van der Waals surface area contributed by atoms with Gasteiger partial charge in [0, 0.05) is 29.3 Å². The molecule has 0 bridgehead atoms. The third-order valence-corrected chi connectivity index (χ3v) is 5.43. The third-order valence-electron chi connectivity index (χ3n) is 4.42. The minimum atomic E-state index is -0.289. The van der Waals surface area contributed by atoms with Crippen LogP contribution in [0.1, 0.15) is 11.1 Å². The molecule has 5 nitrogen and oxygen atoms in total. The Morgan fingerprint density at radius 3 is 2.66 bits per heavy atom. The number of halogens is 1. The van der Waals surface area contributed by atoms with Crippen LogP contribution in [0.25, 0.3) is 11.4 Å². The molecule has 0 unspecified atom stereocenters. The van der Waals surface area contributed by atoms with E-state index in [-0.39, 0.29) is 5.82 Å². The number of aromatic nitrogens is 4. The smallest absolute Gasteiger partial charge is 0.192 e. The van der Waals surface area contributed by atoms with Gasteiger partial charge in [0.05, 0.1) is 13.7 Å². The van der Waals surface area contributed by atoms with Gasteiger partial charge < -0.3 is 4.74 Å². The zero-order valence-corrected chi connectivity index (χ0v) is 16.6. The van der Waals surface area contributed by atoms with Crippen molar-refractivity contribution in [2.24, 2.45) is 0 Å². The van der Waals surface area contributed by atoms with Crippen LogP contribution in [0.5, 0.6) is 5.75 Å². The first kappa shape index (κ1) is 19.1. The molecule has 0 amide bonds. The second-order valence-corrected chi connectivity index (χ2v) is 7.31. The van der Waals surface area contributed by atoms with E-state index in [4.69, 9.17) is 4.74 Å². The molecule has 0 saturated heterocycles. The van der Waals surface area contributed by atoms with Crippen LogP contribution in [0, 0.1) is 5.82 Å². The molecule has 4 rings (SSSR count). The topological polar surface area (TPSA) is 52.8 Å². The fourth-order valence-electron chi connectivity index (χ4n) is 3.01. The van der Waals surface area contributed by atoms with E-state index in [1.165, 1.54) is 23.9 Å². The summed E-state index contributed by atoms with van der Waals surface area (Å²) in [5.41, 5.74) is 2.81. The maximum Gasteiger partial charge on any atom is 0.192 e. The lowest BCUT2D eigenvalue weighted by Crippen LogP contribution is -2.04. The Morgan fingerprint density at radius 2 is 1.90 bits per heavy atom. The van der Waals surface area contributed by atoms with E-state index >= 15 is 0 Å². The van der Waals surface area contributed by atoms with Gasteiger partial charge in [-0.05, 0) is 35.9 Å². The number of pyridine rings is 1. The first-order valence-corrected chi connectivity index (χ1v) is 10.1. The van der Waals surface area contributed by atoms with Gasteiger partial charge >= 0.3 is 0 Å². The van der Waals surface area contributed by atoms with E-state index in [1.54, 1.807) is 25.6 Å². The Bertz CT molecular complexity index is 1090. The fraction of sp³-hybridized carbons (Fsp3) is 0.136. The molecule has 0 aliphatic heterocycles. The quantitative estimate of drug-likeness (QED) is 0.412. The van der Waals surface area contributed by atoms with Gasteiger partial charge in [0.15, 0.2) is 11.0 Å². The minimum absolute atomic E-state index is 0.289. The van der Waals surface area contributed by atoms with Crippen molar-refractivity contribution in [3.8, 4) is 17.1 Å². The predicted molar refractivity (Wildman–Crippen MR) is 111 cm³/mol. The summed E-state index contributed by atoms with van der Waals surface area (Å²) < 4.78 is 21.1. The summed E-state index contributed by atoms with van der Waals surface area (Å²) in [5, 5.41) is 9.55. The van der Waals surface area contributed by atoms with Crippen LogP contribution in [0.2, 0.25) is 0 Å². The van der Waals surface area contributed by atoms with Crippen molar-refractivity contribution in [1.29, 1.82) is 0 Å². The van der Waals surface area contributed by atoms with E-state index in [9.17, 15) is 4.39 Å². The van der Waals surface area contributed by atoms with Gasteiger partial charge in [-0.1, -0.05) is 42.1 Å². The zero-order valence-electron chi connectivity index (χ0n) is 15.8. The molecule has 4 aromatic rings. The molecular weight excluding hydrogens is 387 g/mol. The van der Waals surface area contributed by atoms with Gasteiger partial charge in [0.25, 0.3) is 0 Å². The lowest BCUT2D eigenvalue weighted by atomic mass is 10.2. The standard InChI is InChI=1S/C22H19FN4OS/c1-28-20-10-9-19(23)12-18(20)15-29-22-26-25-21(17-8-5-11-24-13-17)27(22)14-16-6-3-2-4-7-16/h2-13H,14-15H2,1H3. The second kappa shape index (κ2) is 8.87. The highest BCUT2D eigenvalue weighted by atomic mass is 32.2. The maximum absolute atomic E-state index is 13.7. The summed E-state index contributed by atoms with van der Waals surface area (Å²) >= 11 is 1.50. The molecule has 2 heterocycles. The monoisotopic (exact) mass is 406 g/mol. The molecule has 0 aliphatic rings. The number of methoxy groups -OCH3 is 1. The van der Waals surface area contributed by atoms with Gasteiger partial charge in [-0.25, -0.2) is 4.39 Å². The number of thioether (sulfide) groups is 1. The predicted octanol–water partition coefficient (Wildman–Crippen LogP) is 4.83. The molecule has 0 fully saturated rings. The number of benzene rings is 2. The average molecular weight is 406 g/mol. The molecule has 2 aromatic carbocycles. The van der Waals surface area contributed by atoms with E-state index in [0.717, 1.165) is 27.7 Å². The molecule has 7 heteroatoms. The van der Waals surface area contributed by atoms with Gasteiger partial charge in [-0.15, -0.1) is 10.2 Å². The average Bonchev–Trinajstić information content (AvgIpc) is 3.16. The Kier molecular flexibility index (Phi) is 5.86. The lowest BCUT2D eigenvalue weighted by Gasteiger charge is -2.11. The van der Waals surface area contributed by atoms with Crippen LogP contribution in [0.3, 0.4) is 0 Å². The van der Waals surface area contributed by atoms with Crippen molar-refractivity contribution in [3.63, 3.8) is 0 Å². The number of hydrogen-bond acceptors (Lipinski definition) is 5. The van der Waals surface area contributed by atoms with Crippen LogP contribution in [-0.2, 0) is 12.3 Å². The van der Waals surface area contributed by atoms with Crippen molar-refractivity contribution in [3.05, 3.63) is 90.0 Å². The van der Waals surface area contributed by atoms with Crippen molar-refractivity contribution in [2.45, 2.75) is 17.5 Å². The highest BCUT2D eigenvalue weighted by Crippen LogP contribution is 2.30. The molecule has 0 aliphatic carbocycles. The summed E-state index contributed by atoms with van der Waals surface area (Å²) in [4.78, 5) is 4.20. The molecule has 0 spiro atoms. The normalized spacial score (nSPS) is 10.8. The maximum atomic E-state index is 13.7. The first-order chi connectivity index (χ1) is 14.2. The van der Waals surface area contributed by atoms with Crippen molar-refractivity contribution < 1.29 is 9.13 Å². The highest BCUT2D eigenvalue weighted by molar-refractivity contribution is 7.98. The molecule has 0 atom stereocenters. The minimum Gasteiger partial charge on any atom is -0.496 e. The zero-order chi connectivity index (χ0) is 20.1. The largest absolute Gasteiger partial charge is 0.496 e. The molecule has 146 valence electrons. The summed E-state index contributed by atoms with van der Waals surface area (Å²) in [5.74, 6) is 1.63. The van der Waals surface area contributed by atoms with E-state index in [2.05, 4.69) is 31.9 Å². The van der Waals surface area contributed by atoms with Crippen molar-refractivity contribution >= 4 is 11.8 Å². The Hall–Kier alpha value is -3.19. The summed E-state index contributed by atoms with van der Waals surface area (Å²) in [7, 11) is 1.58. The first-order valence-electron chi connectivity index (χ1n) is 9.07. The van der Waals surface area contributed by atoms with Crippen LogP contribution >= 0.6 is 11.8 Å². The van der Waals surface area contributed by atoms with Crippen molar-refractivity contribution in [1.82, 2.24) is 19.7 Å². The SMILES string of the molecule is COc1ccc(F)cc1CSc1nnc(-c2cccnc2)n1Cc1ccccc1. The van der Waals surface area contributed by atoms with Crippen LogP contribution in [0.4, 0.5) is 4.39 Å². The van der Waals surface area contributed by atoms with Crippen molar-refractivity contribution in [2.75, 3.05) is 7.11 Å². The van der Waals surface area contributed by atoms with Crippen LogP contribution in [-0.4, -0.2) is 26.9 Å². The second-order valence-electron chi connectivity index (χ2n) is 6.36. The fourth-order valence-corrected chi connectivity index (χ4v) is 3.93. The molecule has 29 heavy (non-hydrogen) atoms. The Morgan fingerprint density at radius 1 is 1.03 bits per heavy atom. The highest BCUT2D eigenvalue weighted by Gasteiger charge is 2.16. The van der Waals surface area contributed by atoms with E-state index in [1.807, 2.05) is 30.3 Å². The van der Waals surface area contributed by atoms with Gasteiger partial charge in [-0.3, -0.25) is 9.55 Å².